The van der Waals surface area contributed by atoms with Gasteiger partial charge in [-0.2, -0.15) is 0 Å². The molecule has 2 atom stereocenters. The zero-order valence-corrected chi connectivity index (χ0v) is 13.5. The third kappa shape index (κ3) is 3.86. The number of amides is 1. The Bertz CT molecular complexity index is 315. The van der Waals surface area contributed by atoms with Gasteiger partial charge in [-0.1, -0.05) is 26.7 Å². The second kappa shape index (κ2) is 7.62. The summed E-state index contributed by atoms with van der Waals surface area (Å²) in [5, 5.41) is 16.3. The van der Waals surface area contributed by atoms with Crippen molar-refractivity contribution in [2.24, 2.45) is 17.3 Å². The molecule has 1 saturated carbocycles. The molecule has 20 heavy (non-hydrogen) atoms. The molecule has 1 saturated heterocycles. The number of halogens is 1. The van der Waals surface area contributed by atoms with E-state index in [1.165, 1.54) is 0 Å². The molecular formula is C15H29ClN2O2. The summed E-state index contributed by atoms with van der Waals surface area (Å²) in [6.45, 7) is 6.67. The largest absolute Gasteiger partial charge is 0.391 e. The molecule has 2 fully saturated rings. The van der Waals surface area contributed by atoms with Crippen molar-refractivity contribution < 1.29 is 9.90 Å². The van der Waals surface area contributed by atoms with Crippen LogP contribution < -0.4 is 10.6 Å². The zero-order chi connectivity index (χ0) is 13.9. The maximum absolute atomic E-state index is 12.1. The predicted octanol–water partition coefficient (Wildman–Crippen LogP) is 1.71. The summed E-state index contributed by atoms with van der Waals surface area (Å²) in [6.07, 6.45) is 4.82. The highest BCUT2D eigenvalue weighted by Crippen LogP contribution is 2.58. The standard InChI is InChI=1S/C15H28N2O2.ClH/c1-3-11(4-2)13(18)10-17-14(19)12-9-15(12)5-7-16-8-6-15;/h11-13,16,18H,3-10H2,1-2H3,(H,17,19);1H. The van der Waals surface area contributed by atoms with E-state index in [9.17, 15) is 9.90 Å². The number of aliphatic hydroxyl groups is 1. The average Bonchev–Trinajstić information content (AvgIpc) is 3.12. The van der Waals surface area contributed by atoms with E-state index in [1.807, 2.05) is 0 Å². The Morgan fingerprint density at radius 2 is 1.95 bits per heavy atom. The lowest BCUT2D eigenvalue weighted by Crippen LogP contribution is -2.38. The lowest BCUT2D eigenvalue weighted by molar-refractivity contribution is -0.123. The summed E-state index contributed by atoms with van der Waals surface area (Å²) in [6, 6.07) is 0. The second-order valence-corrected chi connectivity index (χ2v) is 6.26. The van der Waals surface area contributed by atoms with Gasteiger partial charge >= 0.3 is 0 Å². The Kier molecular flexibility index (Phi) is 6.76. The van der Waals surface area contributed by atoms with E-state index in [0.717, 1.165) is 45.2 Å². The van der Waals surface area contributed by atoms with Crippen LogP contribution in [0.3, 0.4) is 0 Å². The van der Waals surface area contributed by atoms with Crippen molar-refractivity contribution in [1.82, 2.24) is 10.6 Å². The van der Waals surface area contributed by atoms with Gasteiger partial charge in [-0.05, 0) is 43.7 Å². The van der Waals surface area contributed by atoms with Crippen LogP contribution in [-0.4, -0.2) is 36.8 Å². The number of hydrogen-bond acceptors (Lipinski definition) is 3. The first-order chi connectivity index (χ1) is 9.13. The van der Waals surface area contributed by atoms with E-state index >= 15 is 0 Å². The Labute approximate surface area is 128 Å². The van der Waals surface area contributed by atoms with E-state index in [0.29, 0.717) is 12.5 Å². The number of carbonyl (C=O) groups excluding carboxylic acids is 1. The van der Waals surface area contributed by atoms with Crippen molar-refractivity contribution in [2.45, 2.75) is 52.1 Å². The fourth-order valence-electron chi connectivity index (χ4n) is 3.52. The third-order valence-corrected chi connectivity index (χ3v) is 5.18. The van der Waals surface area contributed by atoms with Crippen LogP contribution in [0.4, 0.5) is 0 Å². The molecule has 1 aliphatic carbocycles. The van der Waals surface area contributed by atoms with Gasteiger partial charge in [0.05, 0.1) is 6.10 Å². The maximum atomic E-state index is 12.1. The number of aliphatic hydroxyl groups excluding tert-OH is 1. The predicted molar refractivity (Wildman–Crippen MR) is 83.0 cm³/mol. The van der Waals surface area contributed by atoms with Gasteiger partial charge in [0.25, 0.3) is 0 Å². The number of carbonyl (C=O) groups is 1. The molecule has 0 radical (unpaired) electrons. The highest BCUT2D eigenvalue weighted by Gasteiger charge is 2.57. The molecule has 2 unspecified atom stereocenters. The van der Waals surface area contributed by atoms with E-state index in [1.54, 1.807) is 0 Å². The van der Waals surface area contributed by atoms with Crippen LogP contribution in [0.15, 0.2) is 0 Å². The molecule has 3 N–H and O–H groups in total. The number of nitrogens with one attached hydrogen (secondary N) is 2. The molecule has 2 rings (SSSR count). The Morgan fingerprint density at radius 1 is 1.35 bits per heavy atom. The minimum atomic E-state index is -0.401. The molecule has 118 valence electrons. The van der Waals surface area contributed by atoms with Crippen LogP contribution in [0.5, 0.6) is 0 Å². The van der Waals surface area contributed by atoms with Gasteiger partial charge in [-0.15, -0.1) is 12.4 Å². The summed E-state index contributed by atoms with van der Waals surface area (Å²) in [5.41, 5.74) is 0.287. The minimum Gasteiger partial charge on any atom is -0.391 e. The van der Waals surface area contributed by atoms with Gasteiger partial charge in [0.15, 0.2) is 0 Å². The molecule has 0 aromatic heterocycles. The molecule has 0 aromatic carbocycles. The van der Waals surface area contributed by atoms with Crippen molar-refractivity contribution >= 4 is 18.3 Å². The fraction of sp³-hybridized carbons (Fsp3) is 0.933. The van der Waals surface area contributed by atoms with Gasteiger partial charge in [-0.25, -0.2) is 0 Å². The summed E-state index contributed by atoms with van der Waals surface area (Å²) >= 11 is 0. The van der Waals surface area contributed by atoms with Gasteiger partial charge in [0.1, 0.15) is 0 Å². The summed E-state index contributed by atoms with van der Waals surface area (Å²) in [7, 11) is 0. The Hall–Kier alpha value is -0.320. The van der Waals surface area contributed by atoms with Crippen LogP contribution in [-0.2, 0) is 4.79 Å². The van der Waals surface area contributed by atoms with Crippen LogP contribution in [0.2, 0.25) is 0 Å². The number of rotatable bonds is 6. The quantitative estimate of drug-likeness (QED) is 0.700. The van der Waals surface area contributed by atoms with E-state index < -0.39 is 6.10 Å². The lowest BCUT2D eigenvalue weighted by Gasteiger charge is -2.24. The number of hydrogen-bond donors (Lipinski definition) is 3. The Morgan fingerprint density at radius 3 is 2.50 bits per heavy atom. The average molecular weight is 305 g/mol. The Balaban J connectivity index is 0.00000200. The summed E-state index contributed by atoms with van der Waals surface area (Å²) in [4.78, 5) is 12.1. The molecule has 1 amide bonds. The smallest absolute Gasteiger partial charge is 0.223 e. The van der Waals surface area contributed by atoms with Crippen LogP contribution in [0.25, 0.3) is 0 Å². The molecule has 1 aliphatic heterocycles. The van der Waals surface area contributed by atoms with Crippen molar-refractivity contribution in [2.75, 3.05) is 19.6 Å². The monoisotopic (exact) mass is 304 g/mol. The highest BCUT2D eigenvalue weighted by molar-refractivity contribution is 5.85. The van der Waals surface area contributed by atoms with E-state index in [4.69, 9.17) is 0 Å². The van der Waals surface area contributed by atoms with Crippen LogP contribution >= 0.6 is 12.4 Å². The van der Waals surface area contributed by atoms with E-state index in [2.05, 4.69) is 24.5 Å². The van der Waals surface area contributed by atoms with Gasteiger partial charge in [0.2, 0.25) is 5.91 Å². The lowest BCUT2D eigenvalue weighted by atomic mass is 9.91. The molecule has 0 bridgehead atoms. The number of piperidine rings is 1. The highest BCUT2D eigenvalue weighted by atomic mass is 35.5. The van der Waals surface area contributed by atoms with Gasteiger partial charge in [-0.3, -0.25) is 4.79 Å². The van der Waals surface area contributed by atoms with Crippen LogP contribution in [0, 0.1) is 17.3 Å². The van der Waals surface area contributed by atoms with Crippen LogP contribution in [0.1, 0.15) is 46.0 Å². The third-order valence-electron chi connectivity index (χ3n) is 5.18. The van der Waals surface area contributed by atoms with Gasteiger partial charge in [0, 0.05) is 12.5 Å². The zero-order valence-electron chi connectivity index (χ0n) is 12.7. The van der Waals surface area contributed by atoms with Crippen molar-refractivity contribution in [3.63, 3.8) is 0 Å². The van der Waals surface area contributed by atoms with Crippen molar-refractivity contribution in [1.29, 1.82) is 0 Å². The molecule has 2 aliphatic rings. The topological polar surface area (TPSA) is 61.4 Å². The van der Waals surface area contributed by atoms with Crippen molar-refractivity contribution in [3.8, 4) is 0 Å². The summed E-state index contributed by atoms with van der Waals surface area (Å²) < 4.78 is 0. The molecule has 0 aromatic rings. The molecule has 1 heterocycles. The summed E-state index contributed by atoms with van der Waals surface area (Å²) in [5.74, 6) is 0.655. The fourth-order valence-corrected chi connectivity index (χ4v) is 3.52. The SMILES string of the molecule is CCC(CC)C(O)CNC(=O)C1CC12CCNCC2.Cl. The van der Waals surface area contributed by atoms with E-state index in [-0.39, 0.29) is 29.6 Å². The first-order valence-electron chi connectivity index (χ1n) is 7.79. The normalized spacial score (nSPS) is 25.1. The van der Waals surface area contributed by atoms with Gasteiger partial charge < -0.3 is 15.7 Å². The molecule has 4 nitrogen and oxygen atoms in total. The first-order valence-corrected chi connectivity index (χ1v) is 7.79. The maximum Gasteiger partial charge on any atom is 0.223 e. The second-order valence-electron chi connectivity index (χ2n) is 6.26. The minimum absolute atomic E-state index is 0. The first kappa shape index (κ1) is 17.7. The van der Waals surface area contributed by atoms with Crippen molar-refractivity contribution in [3.05, 3.63) is 0 Å². The molecule has 1 spiro atoms. The molecule has 5 heteroatoms. The molecular weight excluding hydrogens is 276 g/mol.